The molecular formula is C12H18Br2N2O. The van der Waals surface area contributed by atoms with Gasteiger partial charge in [0.15, 0.2) is 0 Å². The highest BCUT2D eigenvalue weighted by Gasteiger charge is 2.07. The molecule has 0 aromatic carbocycles. The van der Waals surface area contributed by atoms with Crippen molar-refractivity contribution in [1.29, 1.82) is 0 Å². The van der Waals surface area contributed by atoms with Crippen LogP contribution in [0.1, 0.15) is 20.3 Å². The predicted octanol–water partition coefficient (Wildman–Crippen LogP) is 3.01. The van der Waals surface area contributed by atoms with Gasteiger partial charge in [0.05, 0.1) is 4.47 Å². The highest BCUT2D eigenvalue weighted by atomic mass is 79.9. The Bertz CT molecular complexity index is 417. The van der Waals surface area contributed by atoms with Gasteiger partial charge < -0.3 is 9.88 Å². The molecule has 0 aliphatic carbocycles. The van der Waals surface area contributed by atoms with Gasteiger partial charge in [0.2, 0.25) is 0 Å². The number of pyridine rings is 1. The first-order chi connectivity index (χ1) is 8.04. The average molecular weight is 366 g/mol. The van der Waals surface area contributed by atoms with Crippen LogP contribution in [-0.2, 0) is 6.54 Å². The van der Waals surface area contributed by atoms with Gasteiger partial charge in [-0.25, -0.2) is 0 Å². The van der Waals surface area contributed by atoms with E-state index < -0.39 is 0 Å². The molecule has 1 aromatic rings. The summed E-state index contributed by atoms with van der Waals surface area (Å²) in [6.07, 6.45) is 2.97. The zero-order chi connectivity index (χ0) is 12.8. The number of hydrogen-bond acceptors (Lipinski definition) is 2. The van der Waals surface area contributed by atoms with Gasteiger partial charge >= 0.3 is 0 Å². The summed E-state index contributed by atoms with van der Waals surface area (Å²) < 4.78 is 3.25. The van der Waals surface area contributed by atoms with E-state index in [9.17, 15) is 4.79 Å². The summed E-state index contributed by atoms with van der Waals surface area (Å²) in [4.78, 5) is 11.9. The lowest BCUT2D eigenvalue weighted by atomic mass is 10.2. The maximum atomic E-state index is 11.9. The average Bonchev–Trinajstić information content (AvgIpc) is 2.25. The van der Waals surface area contributed by atoms with Crippen LogP contribution in [0.2, 0.25) is 0 Å². The summed E-state index contributed by atoms with van der Waals surface area (Å²) >= 11 is 6.67. The molecule has 1 aromatic heterocycles. The molecule has 0 bridgehead atoms. The lowest BCUT2D eigenvalue weighted by Crippen LogP contribution is -2.29. The van der Waals surface area contributed by atoms with Gasteiger partial charge in [0.1, 0.15) is 0 Å². The van der Waals surface area contributed by atoms with E-state index in [1.54, 1.807) is 10.6 Å². The zero-order valence-corrected chi connectivity index (χ0v) is 13.3. The summed E-state index contributed by atoms with van der Waals surface area (Å²) in [5.74, 6) is 0.431. The van der Waals surface area contributed by atoms with Crippen LogP contribution in [0.25, 0.3) is 0 Å². The van der Waals surface area contributed by atoms with E-state index in [1.165, 1.54) is 0 Å². The van der Waals surface area contributed by atoms with Crippen molar-refractivity contribution in [3.05, 3.63) is 31.6 Å². The van der Waals surface area contributed by atoms with Gasteiger partial charge in [-0.2, -0.15) is 0 Å². The largest absolute Gasteiger partial charge is 0.316 e. The minimum Gasteiger partial charge on any atom is -0.316 e. The van der Waals surface area contributed by atoms with Gasteiger partial charge in [0, 0.05) is 17.2 Å². The fourth-order valence-electron chi connectivity index (χ4n) is 1.63. The Balaban J connectivity index is 2.65. The van der Waals surface area contributed by atoms with E-state index in [-0.39, 0.29) is 5.56 Å². The standard InChI is InChI=1S/C12H18Br2N2O/c1-3-4-15-6-9(2)7-16-8-10(13)5-11(14)12(16)17/h5,8-9,15H,3-4,6-7H2,1-2H3. The number of hydrogen-bond donors (Lipinski definition) is 1. The van der Waals surface area contributed by atoms with Crippen LogP contribution >= 0.6 is 31.9 Å². The van der Waals surface area contributed by atoms with Crippen molar-refractivity contribution in [2.75, 3.05) is 13.1 Å². The molecule has 3 nitrogen and oxygen atoms in total. The van der Waals surface area contributed by atoms with Crippen molar-refractivity contribution >= 4 is 31.9 Å². The molecule has 17 heavy (non-hydrogen) atoms. The summed E-state index contributed by atoms with van der Waals surface area (Å²) in [6, 6.07) is 1.78. The zero-order valence-electron chi connectivity index (χ0n) is 10.2. The molecule has 1 rings (SSSR count). The summed E-state index contributed by atoms with van der Waals surface area (Å²) in [5.41, 5.74) is 0.0236. The van der Waals surface area contributed by atoms with Crippen LogP contribution in [0.5, 0.6) is 0 Å². The van der Waals surface area contributed by atoms with Crippen LogP contribution < -0.4 is 10.9 Å². The molecule has 0 saturated carbocycles. The third-order valence-corrected chi connectivity index (χ3v) is 3.44. The molecule has 1 heterocycles. The Morgan fingerprint density at radius 3 is 2.82 bits per heavy atom. The van der Waals surface area contributed by atoms with Crippen molar-refractivity contribution in [3.63, 3.8) is 0 Å². The molecule has 0 spiro atoms. The van der Waals surface area contributed by atoms with E-state index in [4.69, 9.17) is 0 Å². The van der Waals surface area contributed by atoms with E-state index >= 15 is 0 Å². The smallest absolute Gasteiger partial charge is 0.264 e. The molecular weight excluding hydrogens is 348 g/mol. The number of nitrogens with zero attached hydrogens (tertiary/aromatic N) is 1. The molecule has 1 atom stereocenters. The minimum absolute atomic E-state index is 0.0236. The Morgan fingerprint density at radius 1 is 1.47 bits per heavy atom. The van der Waals surface area contributed by atoms with Crippen LogP contribution in [0, 0.1) is 5.92 Å². The van der Waals surface area contributed by atoms with Gasteiger partial charge in [-0.15, -0.1) is 0 Å². The van der Waals surface area contributed by atoms with Crippen molar-refractivity contribution in [3.8, 4) is 0 Å². The maximum Gasteiger partial charge on any atom is 0.264 e. The van der Waals surface area contributed by atoms with Gasteiger partial charge in [0.25, 0.3) is 5.56 Å². The lowest BCUT2D eigenvalue weighted by molar-refractivity contribution is 0.438. The monoisotopic (exact) mass is 364 g/mol. The third kappa shape index (κ3) is 4.94. The number of rotatable bonds is 6. The number of nitrogens with one attached hydrogen (secondary N) is 1. The fraction of sp³-hybridized carbons (Fsp3) is 0.583. The molecule has 5 heteroatoms. The van der Waals surface area contributed by atoms with E-state index in [2.05, 4.69) is 51.0 Å². The Hall–Kier alpha value is -0.130. The van der Waals surface area contributed by atoms with Crippen LogP contribution in [-0.4, -0.2) is 17.7 Å². The SMILES string of the molecule is CCCNCC(C)Cn1cc(Br)cc(Br)c1=O. The van der Waals surface area contributed by atoms with Crippen LogP contribution in [0.3, 0.4) is 0 Å². The van der Waals surface area contributed by atoms with E-state index in [0.717, 1.165) is 30.5 Å². The molecule has 0 saturated heterocycles. The maximum absolute atomic E-state index is 11.9. The van der Waals surface area contributed by atoms with Gasteiger partial charge in [-0.3, -0.25) is 4.79 Å². The quantitative estimate of drug-likeness (QED) is 0.786. The van der Waals surface area contributed by atoms with Crippen molar-refractivity contribution in [1.82, 2.24) is 9.88 Å². The number of halogens is 2. The highest BCUT2D eigenvalue weighted by molar-refractivity contribution is 9.11. The molecule has 0 aliphatic rings. The van der Waals surface area contributed by atoms with Crippen molar-refractivity contribution in [2.45, 2.75) is 26.8 Å². The molecule has 1 N–H and O–H groups in total. The Morgan fingerprint density at radius 2 is 2.18 bits per heavy atom. The van der Waals surface area contributed by atoms with Gasteiger partial charge in [-0.05, 0) is 63.4 Å². The second-order valence-corrected chi connectivity index (χ2v) is 6.04. The Labute approximate surface area is 119 Å². The van der Waals surface area contributed by atoms with E-state index in [0.29, 0.717) is 10.4 Å². The summed E-state index contributed by atoms with van der Waals surface area (Å²) in [6.45, 7) is 6.98. The first kappa shape index (κ1) is 14.9. The molecule has 0 radical (unpaired) electrons. The fourth-order valence-corrected chi connectivity index (χ4v) is 2.88. The molecule has 0 fully saturated rings. The topological polar surface area (TPSA) is 34.0 Å². The molecule has 96 valence electrons. The second kappa shape index (κ2) is 7.34. The lowest BCUT2D eigenvalue weighted by Gasteiger charge is -2.14. The van der Waals surface area contributed by atoms with Crippen LogP contribution in [0.15, 0.2) is 26.0 Å². The third-order valence-electron chi connectivity index (χ3n) is 2.44. The molecule has 0 aliphatic heterocycles. The first-order valence-electron chi connectivity index (χ1n) is 5.80. The molecule has 1 unspecified atom stereocenters. The summed E-state index contributed by atoms with van der Waals surface area (Å²) in [5, 5.41) is 3.36. The second-order valence-electron chi connectivity index (χ2n) is 4.27. The summed E-state index contributed by atoms with van der Waals surface area (Å²) in [7, 11) is 0. The van der Waals surface area contributed by atoms with Crippen molar-refractivity contribution < 1.29 is 0 Å². The first-order valence-corrected chi connectivity index (χ1v) is 7.39. The minimum atomic E-state index is 0.0236. The normalized spacial score (nSPS) is 12.7. The van der Waals surface area contributed by atoms with Gasteiger partial charge in [-0.1, -0.05) is 13.8 Å². The van der Waals surface area contributed by atoms with Crippen LogP contribution in [0.4, 0.5) is 0 Å². The van der Waals surface area contributed by atoms with E-state index in [1.807, 2.05) is 6.20 Å². The number of aromatic nitrogens is 1. The molecule has 0 amide bonds. The Kier molecular flexibility index (Phi) is 6.44. The van der Waals surface area contributed by atoms with Crippen molar-refractivity contribution in [2.24, 2.45) is 5.92 Å². The highest BCUT2D eigenvalue weighted by Crippen LogP contribution is 2.13. The predicted molar refractivity (Wildman–Crippen MR) is 78.4 cm³/mol.